The van der Waals surface area contributed by atoms with E-state index in [-0.39, 0.29) is 5.56 Å². The first-order chi connectivity index (χ1) is 4.70. The molecule has 51 valence electrons. The van der Waals surface area contributed by atoms with E-state index in [1.54, 1.807) is 6.07 Å². The zero-order chi connectivity index (χ0) is 7.56. The number of rotatable bonds is 1. The van der Waals surface area contributed by atoms with Crippen molar-refractivity contribution >= 4 is 5.97 Å². The fraction of sp³-hybridized carbons (Fsp3) is 0. The quantitative estimate of drug-likeness (QED) is 0.625. The van der Waals surface area contributed by atoms with Gasteiger partial charge >= 0.3 is 5.97 Å². The topological polar surface area (TPSA) is 50.2 Å². The summed E-state index contributed by atoms with van der Waals surface area (Å²) in [6, 6.07) is 3.03. The number of hydrogen-bond donors (Lipinski definition) is 1. The second kappa shape index (κ2) is 2.47. The van der Waals surface area contributed by atoms with Crippen LogP contribution in [-0.4, -0.2) is 16.1 Å². The summed E-state index contributed by atoms with van der Waals surface area (Å²) in [7, 11) is 0. The lowest BCUT2D eigenvalue weighted by atomic mass is 10.3. The Labute approximate surface area is 58.3 Å². The van der Waals surface area contributed by atoms with Gasteiger partial charge in [-0.3, -0.25) is 4.98 Å². The van der Waals surface area contributed by atoms with E-state index in [9.17, 15) is 4.79 Å². The molecule has 0 aliphatic heterocycles. The Morgan fingerprint density at radius 1 is 1.60 bits per heavy atom. The number of carboxylic acid groups (broad SMARTS) is 1. The number of carbonyl (C=O) groups is 1. The van der Waals surface area contributed by atoms with Crippen molar-refractivity contribution in [1.29, 1.82) is 0 Å². The van der Waals surface area contributed by atoms with Crippen LogP contribution in [0.25, 0.3) is 0 Å². The monoisotopic (exact) mass is 136 g/mol. The summed E-state index contributed by atoms with van der Waals surface area (Å²) in [5.74, 6) is -0.965. The average molecular weight is 136 g/mol. The van der Waals surface area contributed by atoms with Gasteiger partial charge in [0.05, 0.1) is 5.56 Å². The van der Waals surface area contributed by atoms with Crippen molar-refractivity contribution < 1.29 is 9.90 Å². The predicted octanol–water partition coefficient (Wildman–Crippen LogP) is 0.962. The summed E-state index contributed by atoms with van der Waals surface area (Å²) in [5.41, 5.74) is 0.761. The fourth-order valence-corrected chi connectivity index (χ4v) is 0.551. The molecule has 0 saturated carbocycles. The molecule has 0 fully saturated rings. The highest BCUT2D eigenvalue weighted by atomic mass is 16.4. The molecule has 0 saturated heterocycles. The third-order valence-electron chi connectivity index (χ3n) is 1.07. The lowest BCUT2D eigenvalue weighted by Gasteiger charge is -1.92. The van der Waals surface area contributed by atoms with E-state index < -0.39 is 5.97 Å². The van der Waals surface area contributed by atoms with Gasteiger partial charge in [-0.05, 0) is 19.1 Å². The first-order valence-electron chi connectivity index (χ1n) is 2.71. The maximum absolute atomic E-state index is 10.3. The third kappa shape index (κ3) is 1.31. The second-order valence-electron chi connectivity index (χ2n) is 1.84. The molecule has 0 aliphatic rings. The average Bonchev–Trinajstić information content (AvgIpc) is 1.88. The number of nitrogens with zero attached hydrogens (tertiary/aromatic N) is 1. The molecule has 3 nitrogen and oxygen atoms in total. The van der Waals surface area contributed by atoms with Crippen LogP contribution in [0.1, 0.15) is 16.1 Å². The minimum Gasteiger partial charge on any atom is -0.478 e. The Morgan fingerprint density at radius 3 is 2.70 bits per heavy atom. The van der Waals surface area contributed by atoms with Gasteiger partial charge in [-0.2, -0.15) is 0 Å². The molecule has 0 aromatic carbocycles. The number of aromatic nitrogens is 1. The summed E-state index contributed by atoms with van der Waals surface area (Å²) in [6.45, 7) is 3.52. The number of aromatic carboxylic acids is 1. The van der Waals surface area contributed by atoms with Gasteiger partial charge in [0.1, 0.15) is 0 Å². The molecule has 0 bridgehead atoms. The smallest absolute Gasteiger partial charge is 0.337 e. The molecule has 0 atom stereocenters. The van der Waals surface area contributed by atoms with E-state index in [0.29, 0.717) is 5.69 Å². The molecule has 1 aromatic heterocycles. The lowest BCUT2D eigenvalue weighted by Crippen LogP contribution is -1.96. The van der Waals surface area contributed by atoms with E-state index in [1.807, 2.05) is 0 Å². The number of carboxylic acids is 1. The van der Waals surface area contributed by atoms with E-state index in [4.69, 9.17) is 5.11 Å². The van der Waals surface area contributed by atoms with Crippen molar-refractivity contribution in [2.45, 2.75) is 0 Å². The zero-order valence-electron chi connectivity index (χ0n) is 5.24. The fourth-order valence-electron chi connectivity index (χ4n) is 0.551. The van der Waals surface area contributed by atoms with Crippen LogP contribution in [0.3, 0.4) is 0 Å². The van der Waals surface area contributed by atoms with Gasteiger partial charge in [0, 0.05) is 11.9 Å². The van der Waals surface area contributed by atoms with E-state index in [0.717, 1.165) is 0 Å². The Hall–Kier alpha value is -1.38. The molecule has 0 aliphatic carbocycles. The van der Waals surface area contributed by atoms with Crippen LogP contribution in [-0.2, 0) is 0 Å². The maximum Gasteiger partial charge on any atom is 0.337 e. The molecule has 0 amide bonds. The van der Waals surface area contributed by atoms with Gasteiger partial charge in [0.15, 0.2) is 0 Å². The molecule has 1 heterocycles. The Kier molecular flexibility index (Phi) is 1.67. The summed E-state index contributed by atoms with van der Waals surface area (Å²) >= 11 is 0. The summed E-state index contributed by atoms with van der Waals surface area (Å²) in [6.07, 6.45) is 1.28. The highest BCUT2D eigenvalue weighted by Gasteiger charge is 1.99. The van der Waals surface area contributed by atoms with Crippen LogP contribution in [0.5, 0.6) is 0 Å². The van der Waals surface area contributed by atoms with Gasteiger partial charge in [-0.25, -0.2) is 4.79 Å². The molecular weight excluding hydrogens is 130 g/mol. The van der Waals surface area contributed by atoms with Crippen LogP contribution in [0.4, 0.5) is 0 Å². The van der Waals surface area contributed by atoms with Gasteiger partial charge < -0.3 is 5.11 Å². The largest absolute Gasteiger partial charge is 0.478 e. The standard InChI is InChI=1S/C7H6NO2/c1-5-2-3-6(4-8-5)7(9)10/h2-4H,1H2,(H,9,10). The summed E-state index contributed by atoms with van der Waals surface area (Å²) < 4.78 is 0. The Bertz CT molecular complexity index is 240. The van der Waals surface area contributed by atoms with Crippen molar-refractivity contribution in [2.24, 2.45) is 0 Å². The van der Waals surface area contributed by atoms with E-state index >= 15 is 0 Å². The molecule has 3 heteroatoms. The minimum atomic E-state index is -0.965. The first-order valence-corrected chi connectivity index (χ1v) is 2.71. The van der Waals surface area contributed by atoms with Gasteiger partial charge in [-0.15, -0.1) is 0 Å². The summed E-state index contributed by atoms with van der Waals surface area (Å²) in [5, 5.41) is 8.42. The van der Waals surface area contributed by atoms with Gasteiger partial charge in [-0.1, -0.05) is 0 Å². The first kappa shape index (κ1) is 6.74. The Morgan fingerprint density at radius 2 is 2.30 bits per heavy atom. The second-order valence-corrected chi connectivity index (χ2v) is 1.84. The molecule has 1 rings (SSSR count). The van der Waals surface area contributed by atoms with Crippen molar-refractivity contribution in [3.8, 4) is 0 Å². The molecule has 10 heavy (non-hydrogen) atoms. The highest BCUT2D eigenvalue weighted by Crippen LogP contribution is 1.97. The van der Waals surface area contributed by atoms with Crippen LogP contribution in [0, 0.1) is 6.92 Å². The van der Waals surface area contributed by atoms with Crippen LogP contribution in [0.15, 0.2) is 18.3 Å². The number of hydrogen-bond acceptors (Lipinski definition) is 2. The van der Waals surface area contributed by atoms with E-state index in [1.165, 1.54) is 12.3 Å². The summed E-state index contributed by atoms with van der Waals surface area (Å²) in [4.78, 5) is 14.0. The Balaban J connectivity index is 3.00. The molecule has 0 spiro atoms. The molecule has 1 N–H and O–H groups in total. The van der Waals surface area contributed by atoms with Crippen molar-refractivity contribution in [3.63, 3.8) is 0 Å². The molecule has 1 aromatic rings. The van der Waals surface area contributed by atoms with Gasteiger partial charge in [0.25, 0.3) is 0 Å². The SMILES string of the molecule is [CH2]c1ccc(C(=O)O)cn1. The zero-order valence-corrected chi connectivity index (χ0v) is 5.24. The predicted molar refractivity (Wildman–Crippen MR) is 35.7 cm³/mol. The third-order valence-corrected chi connectivity index (χ3v) is 1.07. The highest BCUT2D eigenvalue weighted by molar-refractivity contribution is 5.87. The number of pyridine rings is 1. The van der Waals surface area contributed by atoms with Crippen molar-refractivity contribution in [1.82, 2.24) is 4.98 Å². The van der Waals surface area contributed by atoms with Crippen molar-refractivity contribution in [2.75, 3.05) is 0 Å². The van der Waals surface area contributed by atoms with Crippen LogP contribution < -0.4 is 0 Å². The minimum absolute atomic E-state index is 0.187. The van der Waals surface area contributed by atoms with E-state index in [2.05, 4.69) is 11.9 Å². The van der Waals surface area contributed by atoms with Crippen molar-refractivity contribution in [3.05, 3.63) is 36.5 Å². The normalized spacial score (nSPS) is 9.30. The van der Waals surface area contributed by atoms with Crippen LogP contribution >= 0.6 is 0 Å². The molecule has 1 radical (unpaired) electrons. The van der Waals surface area contributed by atoms with Crippen LogP contribution in [0.2, 0.25) is 0 Å². The van der Waals surface area contributed by atoms with Gasteiger partial charge in [0.2, 0.25) is 0 Å². The molecule has 0 unspecified atom stereocenters. The maximum atomic E-state index is 10.3. The lowest BCUT2D eigenvalue weighted by molar-refractivity contribution is 0.0696. The molecular formula is C7H6NO2.